The molecule has 92 valence electrons. The van der Waals surface area contributed by atoms with Crippen LogP contribution < -0.4 is 16.5 Å². The molecule has 1 heterocycles. The first kappa shape index (κ1) is 12.0. The van der Waals surface area contributed by atoms with Crippen molar-refractivity contribution in [2.45, 2.75) is 4.90 Å². The minimum Gasteiger partial charge on any atom is -0.285 e. The molecule has 1 unspecified atom stereocenters. The Morgan fingerprint density at radius 2 is 2.18 bits per heavy atom. The highest BCUT2D eigenvalue weighted by atomic mass is 32.2. The number of nitrogens with zero attached hydrogens (tertiary/aromatic N) is 2. The number of hydrogen-bond acceptors (Lipinski definition) is 5. The van der Waals surface area contributed by atoms with E-state index in [2.05, 4.69) is 21.6 Å². The SMILES string of the molecule is CN(C)S(=O)c1ccc(F)c(C2=NNNN2)c1. The van der Waals surface area contributed by atoms with Gasteiger partial charge in [0.2, 0.25) is 0 Å². The molecule has 1 aromatic carbocycles. The Labute approximate surface area is 100 Å². The molecule has 1 aliphatic rings. The van der Waals surface area contributed by atoms with Crippen molar-refractivity contribution in [3.05, 3.63) is 29.6 Å². The molecule has 17 heavy (non-hydrogen) atoms. The zero-order valence-electron chi connectivity index (χ0n) is 9.32. The molecular formula is C9H12FN5OS. The lowest BCUT2D eigenvalue weighted by Gasteiger charge is -2.10. The molecule has 0 amide bonds. The summed E-state index contributed by atoms with van der Waals surface area (Å²) in [4.78, 5) is 0.516. The van der Waals surface area contributed by atoms with Gasteiger partial charge >= 0.3 is 0 Å². The molecule has 0 saturated heterocycles. The second kappa shape index (κ2) is 4.78. The number of hydrogen-bond donors (Lipinski definition) is 3. The van der Waals surface area contributed by atoms with Crippen molar-refractivity contribution in [1.82, 2.24) is 20.8 Å². The van der Waals surface area contributed by atoms with Gasteiger partial charge in [0.05, 0.1) is 10.5 Å². The highest BCUT2D eigenvalue weighted by Crippen LogP contribution is 2.15. The molecule has 1 atom stereocenters. The topological polar surface area (TPSA) is 68.8 Å². The van der Waals surface area contributed by atoms with Crippen LogP contribution in [0.25, 0.3) is 0 Å². The lowest BCUT2D eigenvalue weighted by Crippen LogP contribution is -2.35. The van der Waals surface area contributed by atoms with Crippen LogP contribution in [0, 0.1) is 5.82 Å². The summed E-state index contributed by atoms with van der Waals surface area (Å²) in [6.45, 7) is 0. The average Bonchev–Trinajstić information content (AvgIpc) is 2.82. The Balaban J connectivity index is 2.39. The van der Waals surface area contributed by atoms with Crippen LogP contribution in [0.4, 0.5) is 4.39 Å². The van der Waals surface area contributed by atoms with Gasteiger partial charge in [0.1, 0.15) is 16.8 Å². The highest BCUT2D eigenvalue weighted by molar-refractivity contribution is 7.82. The molecule has 0 saturated carbocycles. The summed E-state index contributed by atoms with van der Waals surface area (Å²) in [5, 5.41) is 3.80. The molecule has 2 rings (SSSR count). The van der Waals surface area contributed by atoms with E-state index in [0.29, 0.717) is 10.7 Å². The van der Waals surface area contributed by atoms with Crippen LogP contribution in [-0.2, 0) is 11.0 Å². The molecule has 1 aromatic rings. The second-order valence-electron chi connectivity index (χ2n) is 3.53. The van der Waals surface area contributed by atoms with Gasteiger partial charge in [0, 0.05) is 0 Å². The third-order valence-electron chi connectivity index (χ3n) is 2.13. The predicted octanol–water partition coefficient (Wildman–Crippen LogP) is -0.316. The lowest BCUT2D eigenvalue weighted by molar-refractivity contribution is 0.576. The van der Waals surface area contributed by atoms with Crippen molar-refractivity contribution in [2.24, 2.45) is 5.10 Å². The van der Waals surface area contributed by atoms with Gasteiger partial charge in [-0.15, -0.1) is 10.6 Å². The minimum atomic E-state index is -1.31. The van der Waals surface area contributed by atoms with E-state index >= 15 is 0 Å². The van der Waals surface area contributed by atoms with E-state index in [4.69, 9.17) is 0 Å². The summed E-state index contributed by atoms with van der Waals surface area (Å²) in [5.41, 5.74) is 7.86. The Morgan fingerprint density at radius 1 is 1.41 bits per heavy atom. The van der Waals surface area contributed by atoms with Crippen LogP contribution in [0.2, 0.25) is 0 Å². The van der Waals surface area contributed by atoms with Crippen LogP contribution in [-0.4, -0.2) is 28.4 Å². The number of benzene rings is 1. The molecule has 0 fully saturated rings. The Bertz CT molecular complexity index is 490. The summed E-state index contributed by atoms with van der Waals surface area (Å²) in [6.07, 6.45) is 0. The fourth-order valence-corrected chi connectivity index (χ4v) is 2.16. The van der Waals surface area contributed by atoms with Crippen molar-refractivity contribution in [3.8, 4) is 0 Å². The van der Waals surface area contributed by atoms with Gasteiger partial charge in [0.15, 0.2) is 5.84 Å². The Kier molecular flexibility index (Phi) is 3.36. The second-order valence-corrected chi connectivity index (χ2v) is 5.23. The first-order valence-electron chi connectivity index (χ1n) is 4.82. The smallest absolute Gasteiger partial charge is 0.173 e. The standard InChI is InChI=1S/C9H12FN5OS/c1-15(2)17(16)6-3-4-8(10)7(5-6)9-11-13-14-12-9/h3-5,13-14H,1-2H3,(H,11,12). The average molecular weight is 257 g/mol. The predicted molar refractivity (Wildman–Crippen MR) is 62.4 cm³/mol. The van der Waals surface area contributed by atoms with Crippen LogP contribution >= 0.6 is 0 Å². The normalized spacial score (nSPS) is 16.4. The maximum absolute atomic E-state index is 13.6. The molecular weight excluding hydrogens is 245 g/mol. The molecule has 8 heteroatoms. The molecule has 0 spiro atoms. The van der Waals surface area contributed by atoms with Crippen molar-refractivity contribution in [3.63, 3.8) is 0 Å². The quantitative estimate of drug-likeness (QED) is 0.694. The number of rotatable bonds is 3. The van der Waals surface area contributed by atoms with Gasteiger partial charge in [-0.2, -0.15) is 0 Å². The summed E-state index contributed by atoms with van der Waals surface area (Å²) in [5.74, 6) is -0.110. The number of halogens is 1. The van der Waals surface area contributed by atoms with E-state index in [1.54, 1.807) is 14.1 Å². The van der Waals surface area contributed by atoms with E-state index in [-0.39, 0.29) is 5.56 Å². The van der Waals surface area contributed by atoms with Gasteiger partial charge < -0.3 is 0 Å². The minimum absolute atomic E-state index is 0.259. The first-order chi connectivity index (χ1) is 8.09. The van der Waals surface area contributed by atoms with Crippen LogP contribution in [0.5, 0.6) is 0 Å². The van der Waals surface area contributed by atoms with Gasteiger partial charge in [-0.3, -0.25) is 5.43 Å². The van der Waals surface area contributed by atoms with Crippen LogP contribution in [0.15, 0.2) is 28.2 Å². The lowest BCUT2D eigenvalue weighted by atomic mass is 10.2. The van der Waals surface area contributed by atoms with E-state index in [0.717, 1.165) is 0 Å². The molecule has 0 aromatic heterocycles. The van der Waals surface area contributed by atoms with Crippen molar-refractivity contribution in [2.75, 3.05) is 14.1 Å². The summed E-state index contributed by atoms with van der Waals surface area (Å²) < 4.78 is 27.0. The first-order valence-corrected chi connectivity index (χ1v) is 5.93. The maximum Gasteiger partial charge on any atom is 0.173 e. The molecule has 0 aliphatic carbocycles. The van der Waals surface area contributed by atoms with Gasteiger partial charge in [0.25, 0.3) is 0 Å². The zero-order valence-corrected chi connectivity index (χ0v) is 10.1. The largest absolute Gasteiger partial charge is 0.285 e. The number of hydrazone groups is 1. The number of nitrogens with one attached hydrogen (secondary N) is 3. The van der Waals surface area contributed by atoms with Crippen molar-refractivity contribution >= 4 is 16.8 Å². The van der Waals surface area contributed by atoms with E-state index < -0.39 is 16.8 Å². The van der Waals surface area contributed by atoms with Crippen molar-refractivity contribution in [1.29, 1.82) is 0 Å². The van der Waals surface area contributed by atoms with Gasteiger partial charge in [-0.05, 0) is 32.3 Å². The Hall–Kier alpha value is -1.51. The summed E-state index contributed by atoms with van der Waals surface area (Å²) >= 11 is 0. The highest BCUT2D eigenvalue weighted by Gasteiger charge is 2.16. The molecule has 1 aliphatic heterocycles. The maximum atomic E-state index is 13.6. The number of amidine groups is 1. The molecule has 3 N–H and O–H groups in total. The Morgan fingerprint density at radius 3 is 2.76 bits per heavy atom. The molecule has 6 nitrogen and oxygen atoms in total. The summed E-state index contributed by atoms with van der Waals surface area (Å²) in [7, 11) is 2.07. The third kappa shape index (κ3) is 2.43. The third-order valence-corrected chi connectivity index (χ3v) is 3.45. The van der Waals surface area contributed by atoms with E-state index in [9.17, 15) is 8.60 Å². The van der Waals surface area contributed by atoms with Gasteiger partial charge in [-0.1, -0.05) is 0 Å². The summed E-state index contributed by atoms with van der Waals surface area (Å²) in [6, 6.07) is 4.27. The number of hydrazine groups is 2. The van der Waals surface area contributed by atoms with Crippen LogP contribution in [0.1, 0.15) is 5.56 Å². The van der Waals surface area contributed by atoms with E-state index in [1.807, 2.05) is 0 Å². The van der Waals surface area contributed by atoms with E-state index in [1.165, 1.54) is 22.5 Å². The molecule has 0 bridgehead atoms. The molecule has 0 radical (unpaired) electrons. The van der Waals surface area contributed by atoms with Gasteiger partial charge in [-0.25, -0.2) is 18.4 Å². The zero-order chi connectivity index (χ0) is 12.4. The fraction of sp³-hybridized carbons (Fsp3) is 0.222. The fourth-order valence-electron chi connectivity index (χ4n) is 1.33. The van der Waals surface area contributed by atoms with Crippen LogP contribution in [0.3, 0.4) is 0 Å². The monoisotopic (exact) mass is 257 g/mol. The van der Waals surface area contributed by atoms with Crippen molar-refractivity contribution < 1.29 is 8.60 Å².